The quantitative estimate of drug-likeness (QED) is 0.363. The zero-order valence-corrected chi connectivity index (χ0v) is 22.4. The van der Waals surface area contributed by atoms with Gasteiger partial charge >= 0.3 is 17.9 Å². The van der Waals surface area contributed by atoms with E-state index < -0.39 is 17.9 Å². The molecule has 0 saturated heterocycles. The summed E-state index contributed by atoms with van der Waals surface area (Å²) >= 11 is 3.38. The molecule has 2 aromatic heterocycles. The number of nitrogens with zero attached hydrogens (tertiary/aromatic N) is 6. The molecule has 3 rings (SSSR count). The van der Waals surface area contributed by atoms with Crippen molar-refractivity contribution in [2.24, 2.45) is 0 Å². The first kappa shape index (κ1) is 29.0. The number of aliphatic carboxylic acids is 2. The van der Waals surface area contributed by atoms with Crippen LogP contribution in [0.4, 0.5) is 0 Å². The predicted molar refractivity (Wildman–Crippen MR) is 141 cm³/mol. The van der Waals surface area contributed by atoms with Gasteiger partial charge in [-0.3, -0.25) is 19.4 Å². The zero-order chi connectivity index (χ0) is 27.5. The molecule has 3 heterocycles. The highest BCUT2D eigenvalue weighted by Gasteiger charge is 2.18. The molecule has 3 N–H and O–H groups in total. The average molecular weight is 591 g/mol. The van der Waals surface area contributed by atoms with E-state index >= 15 is 0 Å². The Kier molecular flexibility index (Phi) is 11.0. The lowest BCUT2D eigenvalue weighted by Gasteiger charge is -2.32. The number of aromatic carboxylic acids is 1. The molecular formula is C25H31BrN6O6. The van der Waals surface area contributed by atoms with Gasteiger partial charge in [-0.25, -0.2) is 14.8 Å². The Balaban J connectivity index is 1.82. The van der Waals surface area contributed by atoms with Crippen molar-refractivity contribution in [3.63, 3.8) is 0 Å². The van der Waals surface area contributed by atoms with Gasteiger partial charge in [-0.2, -0.15) is 0 Å². The zero-order valence-electron chi connectivity index (χ0n) is 20.8. The normalized spacial score (nSPS) is 16.9. The maximum absolute atomic E-state index is 11.5. The van der Waals surface area contributed by atoms with Crippen LogP contribution in [-0.2, 0) is 22.7 Å². The SMILES string of the molecule is O=C(O)CN1/C=C\N(Cc2cccc(Br)n2)CCN(CC(=O)O)CCN(Cc2cccc(C(=O)O)n2)CC1. The van der Waals surface area contributed by atoms with Crippen LogP contribution in [-0.4, -0.2) is 115 Å². The first-order valence-electron chi connectivity index (χ1n) is 12.0. The van der Waals surface area contributed by atoms with Crippen molar-refractivity contribution < 1.29 is 29.7 Å². The molecule has 0 spiro atoms. The van der Waals surface area contributed by atoms with Gasteiger partial charge < -0.3 is 25.1 Å². The van der Waals surface area contributed by atoms with Gasteiger partial charge in [0.25, 0.3) is 0 Å². The lowest BCUT2D eigenvalue weighted by Crippen LogP contribution is -2.43. The van der Waals surface area contributed by atoms with Crippen LogP contribution in [0.2, 0.25) is 0 Å². The monoisotopic (exact) mass is 590 g/mol. The maximum Gasteiger partial charge on any atom is 0.354 e. The summed E-state index contributed by atoms with van der Waals surface area (Å²) in [6, 6.07) is 10.4. The van der Waals surface area contributed by atoms with Crippen LogP contribution in [0.15, 0.2) is 53.4 Å². The van der Waals surface area contributed by atoms with Crippen molar-refractivity contribution in [1.82, 2.24) is 29.6 Å². The second kappa shape index (κ2) is 14.4. The fraction of sp³-hybridized carbons (Fsp3) is 0.400. The Labute approximate surface area is 228 Å². The van der Waals surface area contributed by atoms with Gasteiger partial charge in [0, 0.05) is 58.2 Å². The molecule has 0 amide bonds. The predicted octanol–water partition coefficient (Wildman–Crippen LogP) is 1.50. The molecule has 0 aliphatic carbocycles. The van der Waals surface area contributed by atoms with E-state index in [-0.39, 0.29) is 18.8 Å². The van der Waals surface area contributed by atoms with E-state index in [1.807, 2.05) is 39.1 Å². The fourth-order valence-electron chi connectivity index (χ4n) is 3.99. The van der Waals surface area contributed by atoms with Crippen LogP contribution in [0.25, 0.3) is 0 Å². The topological polar surface area (TPSA) is 151 Å². The standard InChI is InChI=1S/C25H31BrN6O6/c26-22-6-2-4-20(28-22)16-30-9-13-31(17-23(33)34)11-7-29(8-12-32(14-10-30)18-24(35)36)15-19-3-1-5-21(27-19)25(37)38/h1-6,9,13H,7-8,10-12,14-18H2,(H,33,34)(H,35,36)(H,37,38)/b13-9-. The molecule has 13 heteroatoms. The minimum Gasteiger partial charge on any atom is -0.480 e. The Morgan fingerprint density at radius 1 is 0.711 bits per heavy atom. The molecule has 1 aliphatic rings. The van der Waals surface area contributed by atoms with Crippen LogP contribution in [0.3, 0.4) is 0 Å². The summed E-state index contributed by atoms with van der Waals surface area (Å²) in [5, 5.41) is 28.2. The summed E-state index contributed by atoms with van der Waals surface area (Å²) in [6.45, 7) is 3.26. The van der Waals surface area contributed by atoms with Crippen LogP contribution < -0.4 is 0 Å². The third-order valence-electron chi connectivity index (χ3n) is 5.87. The molecule has 12 nitrogen and oxygen atoms in total. The second-order valence-corrected chi connectivity index (χ2v) is 9.66. The summed E-state index contributed by atoms with van der Waals surface area (Å²) in [5.74, 6) is -3.01. The molecule has 204 valence electrons. The molecule has 0 fully saturated rings. The lowest BCUT2D eigenvalue weighted by atomic mass is 10.2. The van der Waals surface area contributed by atoms with E-state index in [1.165, 1.54) is 6.07 Å². The number of halogens is 1. The van der Waals surface area contributed by atoms with Crippen LogP contribution in [0.5, 0.6) is 0 Å². The molecule has 0 bridgehead atoms. The highest BCUT2D eigenvalue weighted by molar-refractivity contribution is 9.10. The van der Waals surface area contributed by atoms with E-state index in [4.69, 9.17) is 0 Å². The van der Waals surface area contributed by atoms with Crippen molar-refractivity contribution >= 4 is 33.8 Å². The maximum atomic E-state index is 11.5. The number of hydrogen-bond donors (Lipinski definition) is 3. The number of pyridine rings is 2. The highest BCUT2D eigenvalue weighted by Crippen LogP contribution is 2.11. The van der Waals surface area contributed by atoms with Gasteiger partial charge in [-0.05, 0) is 40.2 Å². The van der Waals surface area contributed by atoms with Gasteiger partial charge in [-0.1, -0.05) is 12.1 Å². The molecule has 0 saturated carbocycles. The summed E-state index contributed by atoms with van der Waals surface area (Å²) in [5.41, 5.74) is 1.32. The van der Waals surface area contributed by atoms with Crippen molar-refractivity contribution in [3.05, 3.63) is 70.5 Å². The number of aromatic nitrogens is 2. The Morgan fingerprint density at radius 3 is 1.97 bits per heavy atom. The van der Waals surface area contributed by atoms with E-state index in [0.717, 1.165) is 5.69 Å². The fourth-order valence-corrected chi connectivity index (χ4v) is 4.37. The molecule has 1 aliphatic heterocycles. The smallest absolute Gasteiger partial charge is 0.354 e. The number of carboxylic acids is 3. The summed E-state index contributed by atoms with van der Waals surface area (Å²) in [7, 11) is 0. The minimum atomic E-state index is -1.12. The van der Waals surface area contributed by atoms with E-state index in [9.17, 15) is 29.7 Å². The first-order valence-corrected chi connectivity index (χ1v) is 12.8. The third kappa shape index (κ3) is 10.1. The highest BCUT2D eigenvalue weighted by atomic mass is 79.9. The summed E-state index contributed by atoms with van der Waals surface area (Å²) in [6.07, 6.45) is 3.55. The Morgan fingerprint density at radius 2 is 1.29 bits per heavy atom. The molecular weight excluding hydrogens is 560 g/mol. The Bertz CT molecular complexity index is 1150. The van der Waals surface area contributed by atoms with Crippen molar-refractivity contribution in [1.29, 1.82) is 0 Å². The van der Waals surface area contributed by atoms with Crippen molar-refractivity contribution in [2.75, 3.05) is 52.4 Å². The van der Waals surface area contributed by atoms with Gasteiger partial charge in [-0.15, -0.1) is 0 Å². The van der Waals surface area contributed by atoms with E-state index in [2.05, 4.69) is 25.9 Å². The third-order valence-corrected chi connectivity index (χ3v) is 6.32. The summed E-state index contributed by atoms with van der Waals surface area (Å²) in [4.78, 5) is 50.6. The number of carbonyl (C=O) groups is 3. The minimum absolute atomic E-state index is 0.0557. The van der Waals surface area contributed by atoms with Gasteiger partial charge in [0.05, 0.1) is 24.5 Å². The van der Waals surface area contributed by atoms with Gasteiger partial charge in [0.15, 0.2) is 0 Å². The van der Waals surface area contributed by atoms with Crippen molar-refractivity contribution in [2.45, 2.75) is 13.1 Å². The van der Waals surface area contributed by atoms with E-state index in [0.29, 0.717) is 62.7 Å². The van der Waals surface area contributed by atoms with E-state index in [1.54, 1.807) is 23.2 Å². The van der Waals surface area contributed by atoms with Gasteiger partial charge in [0.2, 0.25) is 0 Å². The van der Waals surface area contributed by atoms with Crippen molar-refractivity contribution in [3.8, 4) is 0 Å². The number of carboxylic acid groups (broad SMARTS) is 3. The second-order valence-electron chi connectivity index (χ2n) is 8.85. The molecule has 0 atom stereocenters. The molecule has 38 heavy (non-hydrogen) atoms. The van der Waals surface area contributed by atoms with Crippen LogP contribution in [0, 0.1) is 0 Å². The van der Waals surface area contributed by atoms with Gasteiger partial charge in [0.1, 0.15) is 16.8 Å². The molecule has 0 aromatic carbocycles. The average Bonchev–Trinajstić information content (AvgIpc) is 2.85. The molecule has 2 aromatic rings. The molecule has 0 unspecified atom stereocenters. The summed E-state index contributed by atoms with van der Waals surface area (Å²) < 4.78 is 0.705. The Hall–Kier alpha value is -3.55. The molecule has 0 radical (unpaired) electrons. The number of rotatable bonds is 9. The van der Waals surface area contributed by atoms with Crippen LogP contribution in [0.1, 0.15) is 21.9 Å². The van der Waals surface area contributed by atoms with Crippen LogP contribution >= 0.6 is 15.9 Å². The number of hydrogen-bond acceptors (Lipinski definition) is 9. The first-order chi connectivity index (χ1) is 18.2. The lowest BCUT2D eigenvalue weighted by molar-refractivity contribution is -0.139. The largest absolute Gasteiger partial charge is 0.480 e.